The molecule has 1 aromatic rings. The molecule has 1 aliphatic carbocycles. The summed E-state index contributed by atoms with van der Waals surface area (Å²) in [4.78, 5) is 11.7. The SMILES string of the molecule is CCOC(=O)CC(N)C1C(F)=C(C(F)(F)F)C=C(c2ccccc2C)C1(C)F.Cl. The van der Waals surface area contributed by atoms with Crippen LogP contribution >= 0.6 is 12.4 Å². The Morgan fingerprint density at radius 3 is 2.41 bits per heavy atom. The normalized spacial score (nSPS) is 23.2. The second-order valence-electron chi connectivity index (χ2n) is 6.86. The van der Waals surface area contributed by atoms with Crippen LogP contribution in [0.3, 0.4) is 0 Å². The van der Waals surface area contributed by atoms with Gasteiger partial charge in [0.15, 0.2) is 0 Å². The number of carbonyl (C=O) groups excluding carboxylic acids is 1. The van der Waals surface area contributed by atoms with Gasteiger partial charge in [-0.3, -0.25) is 4.79 Å². The van der Waals surface area contributed by atoms with Crippen LogP contribution in [0.2, 0.25) is 0 Å². The molecule has 3 nitrogen and oxygen atoms in total. The molecule has 162 valence electrons. The Hall–Kier alpha value is -1.93. The van der Waals surface area contributed by atoms with Gasteiger partial charge in [-0.25, -0.2) is 8.78 Å². The maximum Gasteiger partial charge on any atom is 0.418 e. The van der Waals surface area contributed by atoms with Crippen LogP contribution in [0.15, 0.2) is 41.7 Å². The van der Waals surface area contributed by atoms with E-state index in [0.717, 1.165) is 6.92 Å². The monoisotopic (exact) mass is 439 g/mol. The van der Waals surface area contributed by atoms with E-state index in [1.165, 1.54) is 13.0 Å². The number of ether oxygens (including phenoxy) is 1. The van der Waals surface area contributed by atoms with Gasteiger partial charge in [0.2, 0.25) is 0 Å². The van der Waals surface area contributed by atoms with Crippen LogP contribution in [-0.2, 0) is 9.53 Å². The predicted octanol–water partition coefficient (Wildman–Crippen LogP) is 5.22. The number of allylic oxidation sites excluding steroid dienone is 3. The van der Waals surface area contributed by atoms with Crippen LogP contribution in [0.1, 0.15) is 31.4 Å². The van der Waals surface area contributed by atoms with Crippen molar-refractivity contribution >= 4 is 23.9 Å². The first-order chi connectivity index (χ1) is 12.9. The Bertz CT molecular complexity index is 817. The summed E-state index contributed by atoms with van der Waals surface area (Å²) in [6.45, 7) is 4.14. The Balaban J connectivity index is 0.00000420. The number of rotatable bonds is 5. The molecular formula is C20H23ClF5NO2. The maximum atomic E-state index is 15.8. The summed E-state index contributed by atoms with van der Waals surface area (Å²) in [5, 5.41) is 0. The average Bonchev–Trinajstić information content (AvgIpc) is 2.54. The number of hydrogen-bond acceptors (Lipinski definition) is 3. The first kappa shape index (κ1) is 25.1. The average molecular weight is 440 g/mol. The summed E-state index contributed by atoms with van der Waals surface area (Å²) in [6.07, 6.45) is -5.17. The Morgan fingerprint density at radius 1 is 1.31 bits per heavy atom. The third kappa shape index (κ3) is 5.17. The molecular weight excluding hydrogens is 417 g/mol. The second kappa shape index (κ2) is 9.26. The Kier molecular flexibility index (Phi) is 8.01. The number of carbonyl (C=O) groups is 1. The van der Waals surface area contributed by atoms with Crippen molar-refractivity contribution in [1.29, 1.82) is 0 Å². The zero-order valence-corrected chi connectivity index (χ0v) is 17.0. The molecule has 0 spiro atoms. The van der Waals surface area contributed by atoms with E-state index in [2.05, 4.69) is 0 Å². The third-order valence-electron chi connectivity index (χ3n) is 4.81. The highest BCUT2D eigenvalue weighted by atomic mass is 35.5. The predicted molar refractivity (Wildman–Crippen MR) is 103 cm³/mol. The number of benzene rings is 1. The molecule has 1 aliphatic rings. The molecule has 0 fully saturated rings. The highest BCUT2D eigenvalue weighted by Crippen LogP contribution is 2.50. The third-order valence-corrected chi connectivity index (χ3v) is 4.81. The molecule has 0 heterocycles. The van der Waals surface area contributed by atoms with E-state index in [1.54, 1.807) is 25.1 Å². The van der Waals surface area contributed by atoms with E-state index in [4.69, 9.17) is 10.5 Å². The van der Waals surface area contributed by atoms with Crippen molar-refractivity contribution in [3.8, 4) is 0 Å². The number of halogens is 6. The number of aryl methyl sites for hydroxylation is 1. The lowest BCUT2D eigenvalue weighted by molar-refractivity contribution is -0.143. The fourth-order valence-electron chi connectivity index (χ4n) is 3.48. The van der Waals surface area contributed by atoms with Gasteiger partial charge in [0.05, 0.1) is 24.5 Å². The first-order valence-corrected chi connectivity index (χ1v) is 8.76. The largest absolute Gasteiger partial charge is 0.466 e. The summed E-state index contributed by atoms with van der Waals surface area (Å²) < 4.78 is 75.7. The Morgan fingerprint density at radius 2 is 1.90 bits per heavy atom. The standard InChI is InChI=1S/C20H22F5NO2.ClH/c1-4-28-16(27)10-15(26)17-18(21)14(20(23,24)25)9-13(19(17,3)22)12-8-6-5-7-11(12)2;/h5-9,15,17H,4,10,26H2,1-3H3;1H. The highest BCUT2D eigenvalue weighted by molar-refractivity contribution is 5.85. The van der Waals surface area contributed by atoms with E-state index < -0.39 is 47.6 Å². The first-order valence-electron chi connectivity index (χ1n) is 8.76. The minimum absolute atomic E-state index is 0. The molecule has 3 atom stereocenters. The molecule has 0 bridgehead atoms. The maximum absolute atomic E-state index is 15.8. The summed E-state index contributed by atoms with van der Waals surface area (Å²) in [5.74, 6) is -4.54. The van der Waals surface area contributed by atoms with E-state index in [9.17, 15) is 22.4 Å². The lowest BCUT2D eigenvalue weighted by Crippen LogP contribution is -2.48. The molecule has 0 amide bonds. The van der Waals surface area contributed by atoms with Crippen molar-refractivity contribution < 1.29 is 31.5 Å². The van der Waals surface area contributed by atoms with Gasteiger partial charge < -0.3 is 10.5 Å². The van der Waals surface area contributed by atoms with Crippen LogP contribution in [0, 0.1) is 12.8 Å². The van der Waals surface area contributed by atoms with Gasteiger partial charge in [-0.2, -0.15) is 13.2 Å². The number of hydrogen-bond donors (Lipinski definition) is 1. The van der Waals surface area contributed by atoms with Crippen molar-refractivity contribution in [3.05, 3.63) is 52.9 Å². The molecule has 2 N–H and O–H groups in total. The van der Waals surface area contributed by atoms with Crippen LogP contribution < -0.4 is 5.73 Å². The molecule has 9 heteroatoms. The van der Waals surface area contributed by atoms with Crippen molar-refractivity contribution in [1.82, 2.24) is 0 Å². The molecule has 0 saturated carbocycles. The van der Waals surface area contributed by atoms with Gasteiger partial charge in [0.25, 0.3) is 0 Å². The van der Waals surface area contributed by atoms with Gasteiger partial charge in [0, 0.05) is 6.04 Å². The fraction of sp³-hybridized carbons (Fsp3) is 0.450. The quantitative estimate of drug-likeness (QED) is 0.505. The van der Waals surface area contributed by atoms with E-state index in [0.29, 0.717) is 11.6 Å². The van der Waals surface area contributed by atoms with Gasteiger partial charge in [0.1, 0.15) is 11.5 Å². The molecule has 0 saturated heterocycles. The zero-order chi connectivity index (χ0) is 21.3. The van der Waals surface area contributed by atoms with Gasteiger partial charge in [-0.1, -0.05) is 24.3 Å². The van der Waals surface area contributed by atoms with E-state index in [-0.39, 0.29) is 30.2 Å². The van der Waals surface area contributed by atoms with Crippen molar-refractivity contribution in [2.45, 2.75) is 45.1 Å². The Labute approximate surface area is 172 Å². The molecule has 0 radical (unpaired) electrons. The lowest BCUT2D eigenvalue weighted by Gasteiger charge is -2.39. The van der Waals surface area contributed by atoms with E-state index in [1.807, 2.05) is 0 Å². The smallest absolute Gasteiger partial charge is 0.418 e. The van der Waals surface area contributed by atoms with Crippen LogP contribution in [0.5, 0.6) is 0 Å². The van der Waals surface area contributed by atoms with E-state index >= 15 is 4.39 Å². The highest BCUT2D eigenvalue weighted by Gasteiger charge is 2.52. The minimum atomic E-state index is -5.05. The van der Waals surface area contributed by atoms with Crippen molar-refractivity contribution in [2.24, 2.45) is 11.7 Å². The molecule has 0 aromatic heterocycles. The fourth-order valence-corrected chi connectivity index (χ4v) is 3.48. The summed E-state index contributed by atoms with van der Waals surface area (Å²) >= 11 is 0. The number of nitrogens with two attached hydrogens (primary N) is 1. The van der Waals surface area contributed by atoms with Crippen molar-refractivity contribution in [2.75, 3.05) is 6.61 Å². The summed E-state index contributed by atoms with van der Waals surface area (Å²) in [6, 6.07) is 4.74. The zero-order valence-electron chi connectivity index (χ0n) is 16.1. The topological polar surface area (TPSA) is 52.3 Å². The van der Waals surface area contributed by atoms with Gasteiger partial charge in [-0.15, -0.1) is 12.4 Å². The summed E-state index contributed by atoms with van der Waals surface area (Å²) in [7, 11) is 0. The van der Waals surface area contributed by atoms with Gasteiger partial charge in [-0.05, 0) is 43.5 Å². The number of alkyl halides is 4. The molecule has 3 unspecified atom stereocenters. The molecule has 1 aromatic carbocycles. The van der Waals surface area contributed by atoms with Crippen LogP contribution in [0.25, 0.3) is 5.57 Å². The van der Waals surface area contributed by atoms with Crippen LogP contribution in [-0.4, -0.2) is 30.5 Å². The van der Waals surface area contributed by atoms with Gasteiger partial charge >= 0.3 is 12.1 Å². The van der Waals surface area contributed by atoms with Crippen molar-refractivity contribution in [3.63, 3.8) is 0 Å². The van der Waals surface area contributed by atoms with Crippen LogP contribution in [0.4, 0.5) is 22.0 Å². The number of esters is 1. The lowest BCUT2D eigenvalue weighted by atomic mass is 9.70. The molecule has 0 aliphatic heterocycles. The minimum Gasteiger partial charge on any atom is -0.466 e. The summed E-state index contributed by atoms with van der Waals surface area (Å²) in [5.41, 5.74) is 2.07. The second-order valence-corrected chi connectivity index (χ2v) is 6.86. The molecule has 29 heavy (non-hydrogen) atoms. The molecule has 2 rings (SSSR count).